The van der Waals surface area contributed by atoms with Crippen LogP contribution >= 0.6 is 0 Å². The maximum absolute atomic E-state index is 14.8. The number of hydrogen-bond donors (Lipinski definition) is 2. The number of carbonyl (C=O) groups excluding carboxylic acids is 1. The molecule has 1 atom stereocenters. The van der Waals surface area contributed by atoms with Crippen LogP contribution in [0.15, 0.2) is 72.8 Å². The lowest BCUT2D eigenvalue weighted by Crippen LogP contribution is -2.52. The Balaban J connectivity index is 2.09. The summed E-state index contributed by atoms with van der Waals surface area (Å²) in [5, 5.41) is 14.1. The lowest BCUT2D eigenvalue weighted by molar-refractivity contribution is -0.253. The number of hydrogen-bond acceptors (Lipinski definition) is 3. The number of nitrogens with one attached hydrogen (secondary N) is 2. The normalized spacial score (nSPS) is 12.8. The van der Waals surface area contributed by atoms with E-state index in [1.54, 1.807) is 30.3 Å². The largest absolute Gasteiger partial charge is 0.461 e. The molecule has 0 saturated carbocycles. The number of rotatable bonds is 13. The monoisotopic (exact) mass is 563 g/mol. The number of halogens is 6. The summed E-state index contributed by atoms with van der Waals surface area (Å²) >= 11 is 0. The third-order valence-electron chi connectivity index (χ3n) is 6.10. The fraction of sp³-hybridized carbons (Fsp3) is 0.310. The molecule has 0 spiro atoms. The molecular weight excluding hydrogens is 536 g/mol. The standard InChI is InChI=1S/C29H27F6N3O2/c30-23-12-10-21(11-13-23)28(19-20-8-4-3-5-9-20,38-27(39)37-15-7-2-1-6-14-36)22-16-24(31)18-25(17-22)40-29(34,35)26(32)33/h3-5,8-13,16-18,26H,1-2,6-7,15,19H2,(H2,37,38,39)/t28-/m1/s1. The molecule has 3 aromatic rings. The van der Waals surface area contributed by atoms with E-state index < -0.39 is 41.5 Å². The Morgan fingerprint density at radius 2 is 1.60 bits per heavy atom. The summed E-state index contributed by atoms with van der Waals surface area (Å²) in [4.78, 5) is 13.1. The molecule has 0 aliphatic carbocycles. The molecule has 0 aliphatic rings. The summed E-state index contributed by atoms with van der Waals surface area (Å²) in [5.74, 6) is -2.57. The molecular formula is C29H27F6N3O2. The number of benzene rings is 3. The minimum atomic E-state index is -4.90. The molecule has 5 nitrogen and oxygen atoms in total. The minimum absolute atomic E-state index is 0.0524. The fourth-order valence-electron chi connectivity index (χ4n) is 4.21. The molecule has 0 heterocycles. The third kappa shape index (κ3) is 8.15. The van der Waals surface area contributed by atoms with Gasteiger partial charge in [0.2, 0.25) is 0 Å². The molecule has 0 fully saturated rings. The van der Waals surface area contributed by atoms with Crippen LogP contribution in [0.4, 0.5) is 31.1 Å². The van der Waals surface area contributed by atoms with Crippen molar-refractivity contribution in [2.24, 2.45) is 0 Å². The van der Waals surface area contributed by atoms with Crippen LogP contribution in [0.2, 0.25) is 0 Å². The van der Waals surface area contributed by atoms with E-state index in [4.69, 9.17) is 5.26 Å². The SMILES string of the molecule is N#CCCCCCNC(=O)N[C@](Cc1ccccc1)(c1ccc(F)cc1)c1cc(F)cc(OC(F)(F)C(F)F)c1. The van der Waals surface area contributed by atoms with Crippen molar-refractivity contribution in [3.63, 3.8) is 0 Å². The van der Waals surface area contributed by atoms with Gasteiger partial charge in [-0.1, -0.05) is 48.9 Å². The molecule has 11 heteroatoms. The molecule has 40 heavy (non-hydrogen) atoms. The van der Waals surface area contributed by atoms with Gasteiger partial charge in [0.1, 0.15) is 17.4 Å². The Morgan fingerprint density at radius 1 is 0.900 bits per heavy atom. The first-order valence-electron chi connectivity index (χ1n) is 12.4. The highest BCUT2D eigenvalue weighted by Crippen LogP contribution is 2.37. The molecule has 0 radical (unpaired) electrons. The third-order valence-corrected chi connectivity index (χ3v) is 6.10. The molecule has 0 aromatic heterocycles. The molecule has 212 valence electrons. The Bertz CT molecular complexity index is 1300. The van der Waals surface area contributed by atoms with Crippen LogP contribution in [-0.2, 0) is 12.0 Å². The van der Waals surface area contributed by atoms with Gasteiger partial charge >= 0.3 is 18.6 Å². The Kier molecular flexibility index (Phi) is 10.4. The van der Waals surface area contributed by atoms with Gasteiger partial charge in [0, 0.05) is 25.5 Å². The number of nitriles is 1. The summed E-state index contributed by atoms with van der Waals surface area (Å²) in [6.07, 6.45) is -6.85. The predicted molar refractivity (Wildman–Crippen MR) is 136 cm³/mol. The van der Waals surface area contributed by atoms with Gasteiger partial charge in [-0.25, -0.2) is 13.6 Å². The highest BCUT2D eigenvalue weighted by Gasteiger charge is 2.45. The zero-order chi connectivity index (χ0) is 29.2. The van der Waals surface area contributed by atoms with Crippen molar-refractivity contribution in [1.29, 1.82) is 5.26 Å². The number of amides is 2. The van der Waals surface area contributed by atoms with Crippen molar-refractivity contribution in [3.05, 3.63) is 101 Å². The van der Waals surface area contributed by atoms with Crippen LogP contribution < -0.4 is 15.4 Å². The first-order chi connectivity index (χ1) is 19.1. The summed E-state index contributed by atoms with van der Waals surface area (Å²) in [6, 6.07) is 17.3. The average molecular weight is 564 g/mol. The van der Waals surface area contributed by atoms with E-state index in [1.807, 2.05) is 6.07 Å². The second kappa shape index (κ2) is 13.7. The first-order valence-corrected chi connectivity index (χ1v) is 12.4. The molecule has 3 aromatic carbocycles. The highest BCUT2D eigenvalue weighted by molar-refractivity contribution is 5.76. The van der Waals surface area contributed by atoms with Gasteiger partial charge in [-0.2, -0.15) is 22.8 Å². The van der Waals surface area contributed by atoms with E-state index in [2.05, 4.69) is 15.4 Å². The lowest BCUT2D eigenvalue weighted by Gasteiger charge is -2.37. The number of urea groups is 1. The molecule has 2 N–H and O–H groups in total. The summed E-state index contributed by atoms with van der Waals surface area (Å²) in [5.41, 5.74) is -0.889. The zero-order valence-corrected chi connectivity index (χ0v) is 21.3. The van der Waals surface area contributed by atoms with Gasteiger partial charge in [-0.15, -0.1) is 0 Å². The van der Waals surface area contributed by atoms with Crippen LogP contribution in [-0.4, -0.2) is 25.1 Å². The maximum Gasteiger partial charge on any atom is 0.461 e. The Morgan fingerprint density at radius 3 is 2.25 bits per heavy atom. The molecule has 3 rings (SSSR count). The second-order valence-corrected chi connectivity index (χ2v) is 9.06. The van der Waals surface area contributed by atoms with Crippen LogP contribution in [0.5, 0.6) is 5.75 Å². The summed E-state index contributed by atoms with van der Waals surface area (Å²) < 4.78 is 86.0. The molecule has 0 saturated heterocycles. The average Bonchev–Trinajstić information content (AvgIpc) is 2.90. The van der Waals surface area contributed by atoms with Gasteiger partial charge in [0.15, 0.2) is 0 Å². The van der Waals surface area contributed by atoms with E-state index in [-0.39, 0.29) is 24.1 Å². The number of ether oxygens (including phenoxy) is 1. The molecule has 0 bridgehead atoms. The minimum Gasteiger partial charge on any atom is -0.428 e. The quantitative estimate of drug-likeness (QED) is 0.173. The zero-order valence-electron chi connectivity index (χ0n) is 21.3. The van der Waals surface area contributed by atoms with Crippen LogP contribution in [0, 0.1) is 23.0 Å². The highest BCUT2D eigenvalue weighted by atomic mass is 19.3. The van der Waals surface area contributed by atoms with Crippen molar-refractivity contribution in [3.8, 4) is 11.8 Å². The summed E-state index contributed by atoms with van der Waals surface area (Å²) in [6.45, 7) is 0.236. The smallest absolute Gasteiger partial charge is 0.428 e. The predicted octanol–water partition coefficient (Wildman–Crippen LogP) is 7.07. The van der Waals surface area contributed by atoms with Crippen LogP contribution in [0.3, 0.4) is 0 Å². The van der Waals surface area contributed by atoms with Crippen LogP contribution in [0.1, 0.15) is 42.4 Å². The van der Waals surface area contributed by atoms with Gasteiger partial charge in [0.05, 0.1) is 11.6 Å². The summed E-state index contributed by atoms with van der Waals surface area (Å²) in [7, 11) is 0. The van der Waals surface area contributed by atoms with E-state index in [1.165, 1.54) is 12.1 Å². The van der Waals surface area contributed by atoms with Gasteiger partial charge in [-0.3, -0.25) is 0 Å². The van der Waals surface area contributed by atoms with Crippen molar-refractivity contribution < 1.29 is 35.9 Å². The molecule has 0 aliphatic heterocycles. The molecule has 2 amide bonds. The van der Waals surface area contributed by atoms with E-state index >= 15 is 0 Å². The van der Waals surface area contributed by atoms with Crippen LogP contribution in [0.25, 0.3) is 0 Å². The van der Waals surface area contributed by atoms with Gasteiger partial charge in [-0.05, 0) is 53.8 Å². The van der Waals surface area contributed by atoms with Crippen molar-refractivity contribution >= 4 is 6.03 Å². The topological polar surface area (TPSA) is 74.2 Å². The van der Waals surface area contributed by atoms with E-state index in [0.717, 1.165) is 24.3 Å². The van der Waals surface area contributed by atoms with Gasteiger partial charge in [0.25, 0.3) is 0 Å². The van der Waals surface area contributed by atoms with Crippen molar-refractivity contribution in [2.75, 3.05) is 6.54 Å². The Hall–Kier alpha value is -4.20. The fourth-order valence-corrected chi connectivity index (χ4v) is 4.21. The van der Waals surface area contributed by atoms with Crippen molar-refractivity contribution in [2.45, 2.75) is 50.2 Å². The molecule has 0 unspecified atom stereocenters. The van der Waals surface area contributed by atoms with E-state index in [9.17, 15) is 31.1 Å². The number of unbranched alkanes of at least 4 members (excludes halogenated alkanes) is 3. The second-order valence-electron chi connectivity index (χ2n) is 9.06. The number of carbonyl (C=O) groups is 1. The Labute approximate surface area is 227 Å². The maximum atomic E-state index is 14.8. The lowest BCUT2D eigenvalue weighted by atomic mass is 9.77. The van der Waals surface area contributed by atoms with Crippen molar-refractivity contribution in [1.82, 2.24) is 10.6 Å². The van der Waals surface area contributed by atoms with E-state index in [0.29, 0.717) is 37.3 Å². The first kappa shape index (κ1) is 30.3. The number of nitrogens with zero attached hydrogens (tertiary/aromatic N) is 1. The number of alkyl halides is 4. The van der Waals surface area contributed by atoms with Gasteiger partial charge < -0.3 is 15.4 Å².